The van der Waals surface area contributed by atoms with Gasteiger partial charge >= 0.3 is 0 Å². The van der Waals surface area contributed by atoms with Crippen molar-refractivity contribution in [3.8, 4) is 11.5 Å². The van der Waals surface area contributed by atoms with Crippen molar-refractivity contribution >= 4 is 17.5 Å². The Morgan fingerprint density at radius 2 is 2.05 bits per heavy atom. The van der Waals surface area contributed by atoms with Crippen molar-refractivity contribution in [1.82, 2.24) is 4.90 Å². The highest BCUT2D eigenvalue weighted by atomic mass is 16.5. The fraction of sp³-hybridized carbons (Fsp3) is 0.500. The summed E-state index contributed by atoms with van der Waals surface area (Å²) in [4.78, 5) is 26.0. The smallest absolute Gasteiger partial charge is 0.229 e. The van der Waals surface area contributed by atoms with Gasteiger partial charge in [-0.15, -0.1) is 0 Å². The monoisotopic (exact) mass is 306 g/mol. The lowest BCUT2D eigenvalue weighted by Gasteiger charge is -2.20. The minimum absolute atomic E-state index is 0.0249. The summed E-state index contributed by atoms with van der Waals surface area (Å²) in [7, 11) is 3.10. The summed E-state index contributed by atoms with van der Waals surface area (Å²) in [6, 6.07) is 5.29. The molecule has 1 atom stereocenters. The van der Waals surface area contributed by atoms with Gasteiger partial charge in [0, 0.05) is 25.1 Å². The first-order valence-electron chi connectivity index (χ1n) is 7.28. The molecule has 0 bridgehead atoms. The van der Waals surface area contributed by atoms with E-state index in [4.69, 9.17) is 9.47 Å². The number of nitrogens with zero attached hydrogens (tertiary/aromatic N) is 1. The van der Waals surface area contributed by atoms with E-state index in [9.17, 15) is 9.59 Å². The van der Waals surface area contributed by atoms with Gasteiger partial charge in [-0.25, -0.2) is 0 Å². The van der Waals surface area contributed by atoms with Crippen molar-refractivity contribution in [3.63, 3.8) is 0 Å². The lowest BCUT2D eigenvalue weighted by atomic mass is 10.1. The topological polar surface area (TPSA) is 67.9 Å². The molecule has 1 fully saturated rings. The SMILES string of the molecule is COc1ccc(NC(=O)[C@H]2CC(=O)N(C(C)C)C2)c(OC)c1. The van der Waals surface area contributed by atoms with E-state index in [1.807, 2.05) is 13.8 Å². The molecule has 1 saturated heterocycles. The van der Waals surface area contributed by atoms with Crippen molar-refractivity contribution < 1.29 is 19.1 Å². The molecule has 1 N–H and O–H groups in total. The molecule has 0 unspecified atom stereocenters. The second kappa shape index (κ2) is 6.68. The van der Waals surface area contributed by atoms with Gasteiger partial charge in [0.05, 0.1) is 25.8 Å². The fourth-order valence-corrected chi connectivity index (χ4v) is 2.54. The first-order chi connectivity index (χ1) is 10.5. The highest BCUT2D eigenvalue weighted by molar-refractivity contribution is 5.98. The summed E-state index contributed by atoms with van der Waals surface area (Å²) in [5, 5.41) is 2.84. The Labute approximate surface area is 130 Å². The molecule has 1 aromatic rings. The third-order valence-corrected chi connectivity index (χ3v) is 3.82. The number of nitrogens with one attached hydrogen (secondary N) is 1. The van der Waals surface area contributed by atoms with Crippen LogP contribution in [0.5, 0.6) is 11.5 Å². The normalized spacial score (nSPS) is 17.8. The van der Waals surface area contributed by atoms with Gasteiger partial charge in [0.25, 0.3) is 0 Å². The molecule has 2 rings (SSSR count). The Kier molecular flexibility index (Phi) is 4.90. The standard InChI is InChI=1S/C16H22N2O4/c1-10(2)18-9-11(7-15(18)19)16(20)17-13-6-5-12(21-3)8-14(13)22-4/h5-6,8,10-11H,7,9H2,1-4H3,(H,17,20)/t11-/m0/s1. The quantitative estimate of drug-likeness (QED) is 0.902. The Morgan fingerprint density at radius 3 is 2.59 bits per heavy atom. The van der Waals surface area contributed by atoms with Crippen LogP contribution in [0.1, 0.15) is 20.3 Å². The molecule has 1 aromatic carbocycles. The maximum Gasteiger partial charge on any atom is 0.229 e. The minimum Gasteiger partial charge on any atom is -0.497 e. The lowest BCUT2D eigenvalue weighted by molar-refractivity contribution is -0.129. The number of rotatable bonds is 5. The van der Waals surface area contributed by atoms with E-state index in [2.05, 4.69) is 5.32 Å². The number of likely N-dealkylation sites (tertiary alicyclic amines) is 1. The van der Waals surface area contributed by atoms with E-state index in [1.54, 1.807) is 30.2 Å². The fourth-order valence-electron chi connectivity index (χ4n) is 2.54. The number of hydrogen-bond donors (Lipinski definition) is 1. The number of methoxy groups -OCH3 is 2. The van der Waals surface area contributed by atoms with Crippen molar-refractivity contribution in [2.24, 2.45) is 5.92 Å². The largest absolute Gasteiger partial charge is 0.497 e. The summed E-state index contributed by atoms with van der Waals surface area (Å²) >= 11 is 0. The molecule has 0 spiro atoms. The van der Waals surface area contributed by atoms with Crippen molar-refractivity contribution in [2.75, 3.05) is 26.1 Å². The molecule has 1 aliphatic heterocycles. The first-order valence-corrected chi connectivity index (χ1v) is 7.28. The predicted octanol–water partition coefficient (Wildman–Crippen LogP) is 1.90. The van der Waals surface area contributed by atoms with Crippen LogP contribution in [0.3, 0.4) is 0 Å². The van der Waals surface area contributed by atoms with E-state index in [-0.39, 0.29) is 30.2 Å². The van der Waals surface area contributed by atoms with Crippen molar-refractivity contribution in [2.45, 2.75) is 26.3 Å². The molecule has 6 nitrogen and oxygen atoms in total. The Balaban J connectivity index is 2.08. The zero-order chi connectivity index (χ0) is 16.3. The van der Waals surface area contributed by atoms with Crippen LogP contribution in [-0.4, -0.2) is 43.5 Å². The molecule has 1 heterocycles. The molecule has 2 amide bonds. The molecule has 6 heteroatoms. The van der Waals surface area contributed by atoms with Gasteiger partial charge < -0.3 is 19.7 Å². The summed E-state index contributed by atoms with van der Waals surface area (Å²) in [5.74, 6) is 0.702. The van der Waals surface area contributed by atoms with Gasteiger partial charge in [0.15, 0.2) is 0 Å². The number of anilines is 1. The van der Waals surface area contributed by atoms with E-state index in [0.29, 0.717) is 23.7 Å². The van der Waals surface area contributed by atoms with Gasteiger partial charge in [0.1, 0.15) is 11.5 Å². The van der Waals surface area contributed by atoms with E-state index < -0.39 is 0 Å². The van der Waals surface area contributed by atoms with Crippen LogP contribution < -0.4 is 14.8 Å². The first kappa shape index (κ1) is 16.1. The van der Waals surface area contributed by atoms with Gasteiger partial charge in [-0.05, 0) is 26.0 Å². The van der Waals surface area contributed by atoms with E-state index in [0.717, 1.165) is 0 Å². The van der Waals surface area contributed by atoms with Gasteiger partial charge in [-0.2, -0.15) is 0 Å². The number of benzene rings is 1. The number of hydrogen-bond acceptors (Lipinski definition) is 4. The zero-order valence-corrected chi connectivity index (χ0v) is 13.4. The number of carbonyl (C=O) groups excluding carboxylic acids is 2. The van der Waals surface area contributed by atoms with E-state index in [1.165, 1.54) is 7.11 Å². The second-order valence-electron chi connectivity index (χ2n) is 5.60. The minimum atomic E-state index is -0.332. The van der Waals surface area contributed by atoms with Gasteiger partial charge in [0.2, 0.25) is 11.8 Å². The Bertz CT molecular complexity index is 571. The average molecular weight is 306 g/mol. The third-order valence-electron chi connectivity index (χ3n) is 3.82. The molecule has 22 heavy (non-hydrogen) atoms. The summed E-state index contributed by atoms with van der Waals surface area (Å²) < 4.78 is 10.4. The van der Waals surface area contributed by atoms with Crippen molar-refractivity contribution in [3.05, 3.63) is 18.2 Å². The maximum atomic E-state index is 12.4. The number of carbonyl (C=O) groups is 2. The summed E-state index contributed by atoms with van der Waals surface area (Å²) in [6.45, 7) is 4.36. The molecular weight excluding hydrogens is 284 g/mol. The van der Waals surface area contributed by atoms with Crippen LogP contribution in [0.15, 0.2) is 18.2 Å². The molecule has 0 aliphatic carbocycles. The molecular formula is C16H22N2O4. The molecule has 120 valence electrons. The second-order valence-corrected chi connectivity index (χ2v) is 5.60. The number of amides is 2. The number of ether oxygens (including phenoxy) is 2. The summed E-state index contributed by atoms with van der Waals surface area (Å²) in [5.41, 5.74) is 0.573. The molecule has 0 radical (unpaired) electrons. The third kappa shape index (κ3) is 3.32. The van der Waals surface area contributed by atoms with Gasteiger partial charge in [-0.1, -0.05) is 0 Å². The highest BCUT2D eigenvalue weighted by Gasteiger charge is 2.35. The Morgan fingerprint density at radius 1 is 1.32 bits per heavy atom. The predicted molar refractivity (Wildman–Crippen MR) is 83.1 cm³/mol. The molecule has 1 aliphatic rings. The van der Waals surface area contributed by atoms with E-state index >= 15 is 0 Å². The highest BCUT2D eigenvalue weighted by Crippen LogP contribution is 2.30. The maximum absolute atomic E-state index is 12.4. The molecule has 0 aromatic heterocycles. The van der Waals surface area contributed by atoms with Crippen LogP contribution in [0.4, 0.5) is 5.69 Å². The van der Waals surface area contributed by atoms with Crippen LogP contribution in [0, 0.1) is 5.92 Å². The Hall–Kier alpha value is -2.24. The van der Waals surface area contributed by atoms with Crippen LogP contribution in [0.25, 0.3) is 0 Å². The van der Waals surface area contributed by atoms with Crippen molar-refractivity contribution in [1.29, 1.82) is 0 Å². The summed E-state index contributed by atoms with van der Waals surface area (Å²) in [6.07, 6.45) is 0.252. The van der Waals surface area contributed by atoms with Crippen LogP contribution in [-0.2, 0) is 9.59 Å². The van der Waals surface area contributed by atoms with Crippen LogP contribution in [0.2, 0.25) is 0 Å². The average Bonchev–Trinajstić information content (AvgIpc) is 2.90. The van der Waals surface area contributed by atoms with Gasteiger partial charge in [-0.3, -0.25) is 9.59 Å². The van der Waals surface area contributed by atoms with Crippen LogP contribution >= 0.6 is 0 Å². The zero-order valence-electron chi connectivity index (χ0n) is 13.4. The lowest BCUT2D eigenvalue weighted by Crippen LogP contribution is -2.33. The molecule has 0 saturated carbocycles.